The van der Waals surface area contributed by atoms with Gasteiger partial charge in [-0.3, -0.25) is 15.1 Å². The molecule has 27 heavy (non-hydrogen) atoms. The summed E-state index contributed by atoms with van der Waals surface area (Å²) in [7, 11) is 0. The van der Waals surface area contributed by atoms with Crippen LogP contribution in [0.15, 0.2) is 47.7 Å². The zero-order valence-electron chi connectivity index (χ0n) is 14.7. The lowest BCUT2D eigenvalue weighted by atomic mass is 10.3. The largest absolute Gasteiger partial charge is 0.457 e. The Morgan fingerprint density at radius 2 is 2.11 bits per heavy atom. The molecule has 9 heteroatoms. The first-order valence-electron chi connectivity index (χ1n) is 7.94. The van der Waals surface area contributed by atoms with Gasteiger partial charge in [0.2, 0.25) is 6.19 Å². The van der Waals surface area contributed by atoms with E-state index in [1.54, 1.807) is 49.5 Å². The Bertz CT molecular complexity index is 891. The number of pyridine rings is 1. The Labute approximate surface area is 155 Å². The second-order valence-electron chi connectivity index (χ2n) is 5.10. The van der Waals surface area contributed by atoms with Crippen molar-refractivity contribution in [3.63, 3.8) is 0 Å². The number of imide groups is 1. The number of benzene rings is 1. The number of anilines is 1. The summed E-state index contributed by atoms with van der Waals surface area (Å²) in [5, 5.41) is 15.9. The number of hydrazone groups is 1. The number of nitriles is 1. The van der Waals surface area contributed by atoms with Crippen LogP contribution in [-0.2, 0) is 9.53 Å². The van der Waals surface area contributed by atoms with Crippen LogP contribution in [0.3, 0.4) is 0 Å². The molecule has 138 valence electrons. The van der Waals surface area contributed by atoms with Crippen molar-refractivity contribution in [1.82, 2.24) is 10.3 Å². The van der Waals surface area contributed by atoms with Crippen LogP contribution in [0, 0.1) is 18.4 Å². The van der Waals surface area contributed by atoms with Gasteiger partial charge in [-0.15, -0.1) is 0 Å². The molecule has 1 N–H and O–H groups in total. The maximum Gasteiger partial charge on any atom is 0.414 e. The molecule has 0 saturated carbocycles. The van der Waals surface area contributed by atoms with E-state index in [2.05, 4.69) is 14.8 Å². The summed E-state index contributed by atoms with van der Waals surface area (Å²) in [5.41, 5.74) is 1.18. The van der Waals surface area contributed by atoms with Crippen LogP contribution in [0.5, 0.6) is 11.5 Å². The van der Waals surface area contributed by atoms with Gasteiger partial charge < -0.3 is 9.47 Å². The van der Waals surface area contributed by atoms with Gasteiger partial charge in [0.15, 0.2) is 0 Å². The van der Waals surface area contributed by atoms with Crippen LogP contribution in [-0.4, -0.2) is 29.8 Å². The van der Waals surface area contributed by atoms with E-state index in [0.717, 1.165) is 16.9 Å². The molecular formula is C18H17N5O4. The maximum atomic E-state index is 11.6. The highest BCUT2D eigenvalue weighted by Gasteiger charge is 2.09. The Morgan fingerprint density at radius 3 is 2.81 bits per heavy atom. The summed E-state index contributed by atoms with van der Waals surface area (Å²) in [6.07, 6.45) is 3.37. The van der Waals surface area contributed by atoms with Crippen molar-refractivity contribution >= 4 is 23.9 Å². The van der Waals surface area contributed by atoms with Crippen molar-refractivity contribution in [2.45, 2.75) is 13.8 Å². The normalized spacial score (nSPS) is 10.1. The standard InChI is InChI=1S/C18H17N5O4/c1-3-26-18(25)22-17(24)11-21-23(12-19)14-5-4-6-15(10-14)27-16-7-8-20-13(2)9-16/h4-11H,3H2,1-2H3,(H,22,24,25)/b21-11-. The van der Waals surface area contributed by atoms with Crippen molar-refractivity contribution in [2.24, 2.45) is 5.10 Å². The molecule has 0 aliphatic heterocycles. The average Bonchev–Trinajstić information content (AvgIpc) is 2.63. The summed E-state index contributed by atoms with van der Waals surface area (Å²) in [5.74, 6) is 0.262. The van der Waals surface area contributed by atoms with Gasteiger partial charge in [0.25, 0.3) is 5.91 Å². The molecule has 1 heterocycles. The molecule has 0 bridgehead atoms. The molecular weight excluding hydrogens is 350 g/mol. The third kappa shape index (κ3) is 6.13. The van der Waals surface area contributed by atoms with Crippen molar-refractivity contribution in [1.29, 1.82) is 5.26 Å². The van der Waals surface area contributed by atoms with Gasteiger partial charge in [-0.05, 0) is 32.0 Å². The molecule has 0 spiro atoms. The molecule has 2 rings (SSSR count). The number of aromatic nitrogens is 1. The van der Waals surface area contributed by atoms with E-state index in [4.69, 9.17) is 4.74 Å². The minimum atomic E-state index is -0.888. The highest BCUT2D eigenvalue weighted by Crippen LogP contribution is 2.26. The molecule has 0 unspecified atom stereocenters. The molecule has 0 aliphatic rings. The molecule has 0 fully saturated rings. The SMILES string of the molecule is CCOC(=O)NC(=O)/C=N\N(C#N)c1cccc(Oc2ccnc(C)c2)c1. The number of hydrogen-bond donors (Lipinski definition) is 1. The van der Waals surface area contributed by atoms with Gasteiger partial charge in [0, 0.05) is 24.0 Å². The van der Waals surface area contributed by atoms with Crippen LogP contribution < -0.4 is 15.1 Å². The predicted molar refractivity (Wildman–Crippen MR) is 97.2 cm³/mol. The van der Waals surface area contributed by atoms with Crippen molar-refractivity contribution in [2.75, 3.05) is 11.6 Å². The summed E-state index contributed by atoms with van der Waals surface area (Å²) >= 11 is 0. The molecule has 9 nitrogen and oxygen atoms in total. The van der Waals surface area contributed by atoms with E-state index in [0.29, 0.717) is 17.2 Å². The van der Waals surface area contributed by atoms with Crippen LogP contribution >= 0.6 is 0 Å². The van der Waals surface area contributed by atoms with E-state index >= 15 is 0 Å². The smallest absolute Gasteiger partial charge is 0.414 e. The van der Waals surface area contributed by atoms with Gasteiger partial charge in [-0.2, -0.15) is 15.4 Å². The highest BCUT2D eigenvalue weighted by molar-refractivity contribution is 6.29. The fraction of sp³-hybridized carbons (Fsp3) is 0.167. The molecule has 0 aliphatic carbocycles. The number of carbonyl (C=O) groups is 2. The number of carbonyl (C=O) groups excluding carboxylic acids is 2. The van der Waals surface area contributed by atoms with E-state index in [9.17, 15) is 14.9 Å². The van der Waals surface area contributed by atoms with Crippen molar-refractivity contribution < 1.29 is 19.1 Å². The fourth-order valence-electron chi connectivity index (χ4n) is 1.96. The summed E-state index contributed by atoms with van der Waals surface area (Å²) in [6.45, 7) is 3.58. The third-order valence-electron chi connectivity index (χ3n) is 3.05. The summed E-state index contributed by atoms with van der Waals surface area (Å²) < 4.78 is 10.3. The summed E-state index contributed by atoms with van der Waals surface area (Å²) in [4.78, 5) is 26.8. The first-order valence-corrected chi connectivity index (χ1v) is 7.94. The predicted octanol–water partition coefficient (Wildman–Crippen LogP) is 2.73. The van der Waals surface area contributed by atoms with Crippen molar-refractivity contribution in [3.05, 3.63) is 48.3 Å². The molecule has 0 atom stereocenters. The van der Waals surface area contributed by atoms with E-state index in [-0.39, 0.29) is 6.61 Å². The Morgan fingerprint density at radius 1 is 1.33 bits per heavy atom. The number of rotatable bonds is 6. The molecule has 0 saturated heterocycles. The van der Waals surface area contributed by atoms with Gasteiger partial charge in [0.05, 0.1) is 12.3 Å². The average molecular weight is 367 g/mol. The molecule has 2 aromatic rings. The molecule has 1 aromatic carbocycles. The number of nitrogens with zero attached hydrogens (tertiary/aromatic N) is 4. The summed E-state index contributed by atoms with van der Waals surface area (Å²) in [6, 6.07) is 10.1. The van der Waals surface area contributed by atoms with Crippen LogP contribution in [0.2, 0.25) is 0 Å². The topological polar surface area (TPSA) is 117 Å². The number of nitrogens with one attached hydrogen (secondary N) is 1. The van der Waals surface area contributed by atoms with Crippen molar-refractivity contribution in [3.8, 4) is 17.7 Å². The Balaban J connectivity index is 2.09. The second-order valence-corrected chi connectivity index (χ2v) is 5.10. The number of amides is 2. The van der Waals surface area contributed by atoms with E-state index in [1.807, 2.05) is 18.4 Å². The monoisotopic (exact) mass is 367 g/mol. The van der Waals surface area contributed by atoms with Crippen LogP contribution in [0.1, 0.15) is 12.6 Å². The quantitative estimate of drug-likeness (QED) is 0.361. The zero-order valence-corrected chi connectivity index (χ0v) is 14.7. The first kappa shape index (κ1) is 19.4. The van der Waals surface area contributed by atoms with Gasteiger partial charge in [0.1, 0.15) is 17.7 Å². The lowest BCUT2D eigenvalue weighted by Crippen LogP contribution is -2.32. The molecule has 2 amide bonds. The van der Waals surface area contributed by atoms with Gasteiger partial charge in [-0.1, -0.05) is 6.07 Å². The maximum absolute atomic E-state index is 11.6. The number of aryl methyl sites for hydroxylation is 1. The van der Waals surface area contributed by atoms with Gasteiger partial charge in [-0.25, -0.2) is 4.79 Å². The van der Waals surface area contributed by atoms with Crippen LogP contribution in [0.4, 0.5) is 10.5 Å². The number of ether oxygens (including phenoxy) is 2. The lowest BCUT2D eigenvalue weighted by Gasteiger charge is -2.11. The number of hydrogen-bond acceptors (Lipinski definition) is 8. The molecule has 1 aromatic heterocycles. The Hall–Kier alpha value is -3.93. The van der Waals surface area contributed by atoms with E-state index < -0.39 is 12.0 Å². The first-order chi connectivity index (χ1) is 13.0. The lowest BCUT2D eigenvalue weighted by molar-refractivity contribution is -0.113. The number of alkyl carbamates (subject to hydrolysis) is 1. The van der Waals surface area contributed by atoms with Gasteiger partial charge >= 0.3 is 6.09 Å². The van der Waals surface area contributed by atoms with E-state index in [1.165, 1.54) is 0 Å². The fourth-order valence-corrected chi connectivity index (χ4v) is 1.96. The molecule has 0 radical (unpaired) electrons. The Kier molecular flexibility index (Phi) is 6.84. The minimum Gasteiger partial charge on any atom is -0.457 e. The minimum absolute atomic E-state index is 0.129. The van der Waals surface area contributed by atoms with Crippen LogP contribution in [0.25, 0.3) is 0 Å². The highest BCUT2D eigenvalue weighted by atomic mass is 16.5. The third-order valence-corrected chi connectivity index (χ3v) is 3.05. The zero-order chi connectivity index (χ0) is 19.6. The second kappa shape index (κ2) is 9.53.